The molecule has 2 aromatic carbocycles. The molecule has 35 heavy (non-hydrogen) atoms. The molecule has 1 aliphatic rings. The summed E-state index contributed by atoms with van der Waals surface area (Å²) >= 11 is 0. The number of carbonyl (C=O) groups excluding carboxylic acids is 1. The molecule has 180 valence electrons. The molecular formula is C27H28N4O3S. The van der Waals surface area contributed by atoms with E-state index in [1.54, 1.807) is 30.6 Å². The maximum absolute atomic E-state index is 13.6. The summed E-state index contributed by atoms with van der Waals surface area (Å²) in [5.41, 5.74) is 3.19. The molecule has 0 unspecified atom stereocenters. The van der Waals surface area contributed by atoms with Gasteiger partial charge in [-0.1, -0.05) is 18.2 Å². The van der Waals surface area contributed by atoms with Crippen LogP contribution in [0.4, 0.5) is 0 Å². The SMILES string of the molecule is CS(=O)(=O)c1ccc(C(=O)N(Cc2cccnc2)C2CCN(Cc3cccc(C#N)c3)CC2)cc1. The number of piperidine rings is 1. The van der Waals surface area contributed by atoms with Gasteiger partial charge in [0.05, 0.1) is 16.5 Å². The number of carbonyl (C=O) groups is 1. The van der Waals surface area contributed by atoms with Crippen molar-refractivity contribution in [1.82, 2.24) is 14.8 Å². The van der Waals surface area contributed by atoms with Gasteiger partial charge in [0, 0.05) is 56.4 Å². The van der Waals surface area contributed by atoms with Crippen LogP contribution < -0.4 is 0 Å². The molecule has 0 atom stereocenters. The molecule has 0 spiro atoms. The Morgan fingerprint density at radius 3 is 2.43 bits per heavy atom. The highest BCUT2D eigenvalue weighted by Crippen LogP contribution is 2.23. The minimum Gasteiger partial charge on any atom is -0.331 e. The van der Waals surface area contributed by atoms with Crippen molar-refractivity contribution in [1.29, 1.82) is 5.26 Å². The number of amides is 1. The van der Waals surface area contributed by atoms with Crippen LogP contribution in [0, 0.1) is 11.3 Å². The van der Waals surface area contributed by atoms with Crippen LogP contribution in [0.2, 0.25) is 0 Å². The summed E-state index contributed by atoms with van der Waals surface area (Å²) in [5, 5.41) is 9.15. The third-order valence-corrected chi connectivity index (χ3v) is 7.45. The second-order valence-corrected chi connectivity index (χ2v) is 10.9. The Labute approximate surface area is 206 Å². The summed E-state index contributed by atoms with van der Waals surface area (Å²) in [6.45, 7) is 2.89. The number of benzene rings is 2. The molecule has 2 heterocycles. The van der Waals surface area contributed by atoms with Crippen LogP contribution in [0.3, 0.4) is 0 Å². The van der Waals surface area contributed by atoms with Crippen molar-refractivity contribution in [2.75, 3.05) is 19.3 Å². The van der Waals surface area contributed by atoms with Crippen LogP contribution in [0.15, 0.2) is 78.0 Å². The van der Waals surface area contributed by atoms with E-state index in [1.807, 2.05) is 35.2 Å². The first-order valence-corrected chi connectivity index (χ1v) is 13.4. The number of hydrogen-bond acceptors (Lipinski definition) is 6. The van der Waals surface area contributed by atoms with Gasteiger partial charge in [0.2, 0.25) is 0 Å². The van der Waals surface area contributed by atoms with Crippen molar-refractivity contribution < 1.29 is 13.2 Å². The van der Waals surface area contributed by atoms with Crippen molar-refractivity contribution in [3.05, 3.63) is 95.3 Å². The van der Waals surface area contributed by atoms with Crippen molar-refractivity contribution in [3.63, 3.8) is 0 Å². The lowest BCUT2D eigenvalue weighted by Crippen LogP contribution is -2.46. The number of likely N-dealkylation sites (tertiary alicyclic amines) is 1. The molecule has 1 aromatic heterocycles. The van der Waals surface area contributed by atoms with Gasteiger partial charge >= 0.3 is 0 Å². The van der Waals surface area contributed by atoms with Gasteiger partial charge in [-0.15, -0.1) is 0 Å². The molecule has 4 rings (SSSR count). The minimum atomic E-state index is -3.33. The fourth-order valence-corrected chi connectivity index (χ4v) is 5.08. The van der Waals surface area contributed by atoms with E-state index >= 15 is 0 Å². The van der Waals surface area contributed by atoms with Gasteiger partial charge in [0.1, 0.15) is 0 Å². The molecule has 0 radical (unpaired) electrons. The molecule has 1 amide bonds. The quantitative estimate of drug-likeness (QED) is 0.504. The Morgan fingerprint density at radius 2 is 1.80 bits per heavy atom. The molecule has 8 heteroatoms. The van der Waals surface area contributed by atoms with Gasteiger partial charge in [0.25, 0.3) is 5.91 Å². The minimum absolute atomic E-state index is 0.0546. The van der Waals surface area contributed by atoms with Crippen LogP contribution in [0.25, 0.3) is 0 Å². The number of hydrogen-bond donors (Lipinski definition) is 0. The summed E-state index contributed by atoms with van der Waals surface area (Å²) in [4.78, 5) is 22.2. The first kappa shape index (κ1) is 24.6. The fourth-order valence-electron chi connectivity index (χ4n) is 4.45. The molecule has 1 aliphatic heterocycles. The highest BCUT2D eigenvalue weighted by molar-refractivity contribution is 7.90. The van der Waals surface area contributed by atoms with Crippen molar-refractivity contribution >= 4 is 15.7 Å². The molecule has 0 saturated carbocycles. The van der Waals surface area contributed by atoms with E-state index in [0.717, 1.165) is 49.9 Å². The van der Waals surface area contributed by atoms with Gasteiger partial charge in [-0.05, 0) is 66.4 Å². The van der Waals surface area contributed by atoms with Gasteiger partial charge in [-0.25, -0.2) is 8.42 Å². The number of nitriles is 1. The third-order valence-electron chi connectivity index (χ3n) is 6.33. The number of nitrogens with zero attached hydrogens (tertiary/aromatic N) is 4. The average Bonchev–Trinajstić information content (AvgIpc) is 2.88. The predicted octanol–water partition coefficient (Wildman–Crippen LogP) is 3.66. The van der Waals surface area contributed by atoms with Crippen LogP contribution >= 0.6 is 0 Å². The van der Waals surface area contributed by atoms with Gasteiger partial charge in [-0.3, -0.25) is 14.7 Å². The topological polar surface area (TPSA) is 94.4 Å². The zero-order chi connectivity index (χ0) is 24.8. The standard InChI is InChI=1S/C27H28N4O3S/c1-35(33,34)26-9-7-24(8-10-26)27(32)31(20-23-6-3-13-29-18-23)25-11-14-30(15-12-25)19-22-5-2-4-21(16-22)17-28/h2-10,13,16,18,25H,11-12,14-15,19-20H2,1H3. The fraction of sp³-hybridized carbons (Fsp3) is 0.296. The van der Waals surface area contributed by atoms with E-state index in [1.165, 1.54) is 12.1 Å². The first-order chi connectivity index (χ1) is 16.8. The number of aromatic nitrogens is 1. The van der Waals surface area contributed by atoms with Crippen molar-refractivity contribution in [3.8, 4) is 6.07 Å². The zero-order valence-electron chi connectivity index (χ0n) is 19.7. The highest BCUT2D eigenvalue weighted by Gasteiger charge is 2.29. The maximum Gasteiger partial charge on any atom is 0.254 e. The predicted molar refractivity (Wildman–Crippen MR) is 133 cm³/mol. The second-order valence-electron chi connectivity index (χ2n) is 8.91. The second kappa shape index (κ2) is 10.8. The summed E-state index contributed by atoms with van der Waals surface area (Å²) in [5.74, 6) is -0.117. The van der Waals surface area contributed by atoms with E-state index < -0.39 is 9.84 Å². The van der Waals surface area contributed by atoms with Crippen LogP contribution in [-0.4, -0.2) is 54.5 Å². The van der Waals surface area contributed by atoms with Crippen LogP contribution in [0.1, 0.15) is 39.9 Å². The van der Waals surface area contributed by atoms with Crippen molar-refractivity contribution in [2.24, 2.45) is 0 Å². The monoisotopic (exact) mass is 488 g/mol. The highest BCUT2D eigenvalue weighted by atomic mass is 32.2. The van der Waals surface area contributed by atoms with E-state index in [4.69, 9.17) is 5.26 Å². The van der Waals surface area contributed by atoms with Crippen LogP contribution in [0.5, 0.6) is 0 Å². The smallest absolute Gasteiger partial charge is 0.254 e. The van der Waals surface area contributed by atoms with E-state index in [-0.39, 0.29) is 16.8 Å². The Bertz CT molecular complexity index is 1310. The van der Waals surface area contributed by atoms with Gasteiger partial charge < -0.3 is 4.90 Å². The lowest BCUT2D eigenvalue weighted by atomic mass is 10.00. The summed E-state index contributed by atoms with van der Waals surface area (Å²) in [6.07, 6.45) is 6.28. The molecule has 7 nitrogen and oxygen atoms in total. The maximum atomic E-state index is 13.6. The molecule has 0 N–H and O–H groups in total. The molecule has 3 aromatic rings. The third kappa shape index (κ3) is 6.32. The summed E-state index contributed by atoms with van der Waals surface area (Å²) in [7, 11) is -3.33. The van der Waals surface area contributed by atoms with Gasteiger partial charge in [0.15, 0.2) is 9.84 Å². The van der Waals surface area contributed by atoms with E-state index in [0.29, 0.717) is 17.7 Å². The average molecular weight is 489 g/mol. The number of rotatable bonds is 7. The molecule has 1 fully saturated rings. The molecule has 0 bridgehead atoms. The van der Waals surface area contributed by atoms with Crippen LogP contribution in [-0.2, 0) is 22.9 Å². The first-order valence-electron chi connectivity index (χ1n) is 11.5. The summed E-state index contributed by atoms with van der Waals surface area (Å²) < 4.78 is 23.6. The molecule has 1 saturated heterocycles. The lowest BCUT2D eigenvalue weighted by Gasteiger charge is -2.38. The Morgan fingerprint density at radius 1 is 1.09 bits per heavy atom. The zero-order valence-corrected chi connectivity index (χ0v) is 20.5. The summed E-state index contributed by atoms with van der Waals surface area (Å²) in [6, 6.07) is 19.9. The molecular weight excluding hydrogens is 460 g/mol. The normalized spacial score (nSPS) is 14.9. The number of pyridine rings is 1. The van der Waals surface area contributed by atoms with Gasteiger partial charge in [-0.2, -0.15) is 5.26 Å². The van der Waals surface area contributed by atoms with E-state index in [2.05, 4.69) is 16.0 Å². The molecule has 0 aliphatic carbocycles. The number of sulfone groups is 1. The van der Waals surface area contributed by atoms with E-state index in [9.17, 15) is 13.2 Å². The lowest BCUT2D eigenvalue weighted by molar-refractivity contribution is 0.0542. The Kier molecular flexibility index (Phi) is 7.59. The van der Waals surface area contributed by atoms with Crippen molar-refractivity contribution in [2.45, 2.75) is 36.9 Å². The Hall–Kier alpha value is -3.54. The Balaban J connectivity index is 1.49. The largest absolute Gasteiger partial charge is 0.331 e.